The van der Waals surface area contributed by atoms with Crippen molar-refractivity contribution >= 4 is 17.7 Å². The highest BCUT2D eigenvalue weighted by atomic mass is 32.2. The maximum absolute atomic E-state index is 12.5. The van der Waals surface area contributed by atoms with Gasteiger partial charge in [0.2, 0.25) is 0 Å². The Morgan fingerprint density at radius 2 is 2.04 bits per heavy atom. The topological polar surface area (TPSA) is 30.9 Å². The molecule has 0 aromatic heterocycles. The fourth-order valence-corrected chi connectivity index (χ4v) is 3.36. The van der Waals surface area contributed by atoms with E-state index < -0.39 is 12.7 Å². The second-order valence-corrected chi connectivity index (χ2v) is 7.11. The number of benzene rings is 1. The molecule has 1 atom stereocenters. The largest absolute Gasteiger partial charge is 0.401 e. The highest BCUT2D eigenvalue weighted by Gasteiger charge is 2.34. The molecule has 0 aliphatic carbocycles. The summed E-state index contributed by atoms with van der Waals surface area (Å²) in [6.07, 6.45) is -1.42. The maximum Gasteiger partial charge on any atom is 0.401 e. The molecule has 0 amide bonds. The van der Waals surface area contributed by atoms with Crippen molar-refractivity contribution < 1.29 is 13.2 Å². The van der Waals surface area contributed by atoms with Crippen LogP contribution in [0, 0.1) is 0 Å². The first-order valence-corrected chi connectivity index (χ1v) is 9.39. The number of hydrogen-bond acceptors (Lipinski definition) is 3. The number of rotatable bonds is 5. The van der Waals surface area contributed by atoms with Crippen LogP contribution in [0.5, 0.6) is 0 Å². The van der Waals surface area contributed by atoms with Crippen molar-refractivity contribution in [2.24, 2.45) is 4.99 Å². The molecular formula is C17H25F3N4S. The van der Waals surface area contributed by atoms with Gasteiger partial charge < -0.3 is 10.2 Å². The monoisotopic (exact) mass is 374 g/mol. The minimum absolute atomic E-state index is 0.0117. The zero-order chi connectivity index (χ0) is 18.4. The smallest absolute Gasteiger partial charge is 0.352 e. The number of guanidine groups is 1. The van der Waals surface area contributed by atoms with E-state index in [-0.39, 0.29) is 6.04 Å². The number of thioether (sulfide) groups is 1. The summed E-state index contributed by atoms with van der Waals surface area (Å²) < 4.78 is 37.5. The van der Waals surface area contributed by atoms with Crippen LogP contribution in [0.1, 0.15) is 12.0 Å². The molecule has 2 rings (SSSR count). The van der Waals surface area contributed by atoms with Crippen LogP contribution in [0.4, 0.5) is 13.2 Å². The number of nitrogens with zero attached hydrogens (tertiary/aromatic N) is 3. The van der Waals surface area contributed by atoms with Crippen molar-refractivity contribution in [2.75, 3.05) is 40.0 Å². The third-order valence-electron chi connectivity index (χ3n) is 4.16. The average Bonchev–Trinajstić information content (AvgIpc) is 2.98. The van der Waals surface area contributed by atoms with Crippen molar-refractivity contribution in [3.05, 3.63) is 29.8 Å². The van der Waals surface area contributed by atoms with Gasteiger partial charge in [-0.3, -0.25) is 9.89 Å². The molecule has 1 fully saturated rings. The summed E-state index contributed by atoms with van der Waals surface area (Å²) in [5, 5.41) is 3.29. The summed E-state index contributed by atoms with van der Waals surface area (Å²) in [7, 11) is 3.62. The number of aliphatic imine (C=N–C) groups is 1. The molecule has 1 aromatic rings. The van der Waals surface area contributed by atoms with E-state index in [1.54, 1.807) is 18.8 Å². The molecule has 0 spiro atoms. The molecular weight excluding hydrogens is 349 g/mol. The van der Waals surface area contributed by atoms with Gasteiger partial charge in [-0.15, -0.1) is 11.8 Å². The standard InChI is InChI=1S/C17H25F3N4S/c1-21-16(22-14-8-9-24(11-14)12-17(18,19)20)23(2)10-13-4-6-15(25-3)7-5-13/h4-7,14H,8-12H2,1-3H3,(H,21,22). The molecule has 0 saturated carbocycles. The van der Waals surface area contributed by atoms with Crippen LogP contribution in [-0.2, 0) is 6.54 Å². The highest BCUT2D eigenvalue weighted by molar-refractivity contribution is 7.98. The van der Waals surface area contributed by atoms with Gasteiger partial charge in [-0.2, -0.15) is 13.2 Å². The van der Waals surface area contributed by atoms with Gasteiger partial charge >= 0.3 is 6.18 Å². The quantitative estimate of drug-likeness (QED) is 0.488. The van der Waals surface area contributed by atoms with E-state index in [9.17, 15) is 13.2 Å². The van der Waals surface area contributed by atoms with Crippen LogP contribution in [0.25, 0.3) is 0 Å². The van der Waals surface area contributed by atoms with Gasteiger partial charge in [-0.05, 0) is 30.4 Å². The van der Waals surface area contributed by atoms with Crippen LogP contribution in [0.15, 0.2) is 34.2 Å². The number of nitrogens with one attached hydrogen (secondary N) is 1. The fourth-order valence-electron chi connectivity index (χ4n) is 2.96. The molecule has 1 heterocycles. The maximum atomic E-state index is 12.5. The predicted octanol–water partition coefficient (Wildman–Crippen LogP) is 3.05. The Labute approximate surface area is 151 Å². The fraction of sp³-hybridized carbons (Fsp3) is 0.588. The van der Waals surface area contributed by atoms with Crippen LogP contribution in [-0.4, -0.2) is 68.0 Å². The van der Waals surface area contributed by atoms with Crippen LogP contribution in [0.2, 0.25) is 0 Å². The number of alkyl halides is 3. The normalized spacial score (nSPS) is 19.3. The van der Waals surface area contributed by atoms with E-state index in [0.717, 1.165) is 5.56 Å². The van der Waals surface area contributed by atoms with Crippen LogP contribution in [0.3, 0.4) is 0 Å². The van der Waals surface area contributed by atoms with Gasteiger partial charge in [0.25, 0.3) is 0 Å². The minimum atomic E-state index is -4.14. The summed E-state index contributed by atoms with van der Waals surface area (Å²) in [5.41, 5.74) is 1.16. The Kier molecular flexibility index (Phi) is 7.01. The Bertz CT molecular complexity index is 574. The lowest BCUT2D eigenvalue weighted by atomic mass is 10.2. The Balaban J connectivity index is 1.87. The van der Waals surface area contributed by atoms with Crippen molar-refractivity contribution in [1.82, 2.24) is 15.1 Å². The van der Waals surface area contributed by atoms with Gasteiger partial charge in [0, 0.05) is 44.7 Å². The summed E-state index contributed by atoms with van der Waals surface area (Å²) in [6, 6.07) is 8.31. The molecule has 0 bridgehead atoms. The summed E-state index contributed by atoms with van der Waals surface area (Å²) in [6.45, 7) is 0.678. The molecule has 4 nitrogen and oxygen atoms in total. The van der Waals surface area contributed by atoms with E-state index in [1.807, 2.05) is 18.2 Å². The average molecular weight is 374 g/mol. The van der Waals surface area contributed by atoms with Crippen LogP contribution < -0.4 is 5.32 Å². The molecule has 1 aliphatic heterocycles. The molecule has 1 aromatic carbocycles. The minimum Gasteiger partial charge on any atom is -0.352 e. The molecule has 1 N–H and O–H groups in total. The number of hydrogen-bond donors (Lipinski definition) is 1. The zero-order valence-electron chi connectivity index (χ0n) is 14.8. The molecule has 1 saturated heterocycles. The lowest BCUT2D eigenvalue weighted by Gasteiger charge is -2.25. The van der Waals surface area contributed by atoms with Crippen molar-refractivity contribution in [2.45, 2.75) is 30.1 Å². The van der Waals surface area contributed by atoms with Gasteiger partial charge in [0.1, 0.15) is 0 Å². The van der Waals surface area contributed by atoms with Gasteiger partial charge in [-0.1, -0.05) is 12.1 Å². The zero-order valence-corrected chi connectivity index (χ0v) is 15.6. The summed E-state index contributed by atoms with van der Waals surface area (Å²) in [5.74, 6) is 0.702. The van der Waals surface area contributed by atoms with E-state index in [4.69, 9.17) is 0 Å². The third kappa shape index (κ3) is 6.43. The summed E-state index contributed by atoms with van der Waals surface area (Å²) >= 11 is 1.70. The Morgan fingerprint density at radius 1 is 1.36 bits per heavy atom. The lowest BCUT2D eigenvalue weighted by molar-refractivity contribution is -0.143. The molecule has 140 valence electrons. The lowest BCUT2D eigenvalue weighted by Crippen LogP contribution is -2.45. The van der Waals surface area contributed by atoms with Crippen molar-refractivity contribution in [3.63, 3.8) is 0 Å². The first kappa shape index (κ1) is 19.9. The molecule has 25 heavy (non-hydrogen) atoms. The first-order chi connectivity index (χ1) is 11.8. The van der Waals surface area contributed by atoms with E-state index >= 15 is 0 Å². The SMILES string of the molecule is CN=C(NC1CCN(CC(F)(F)F)C1)N(C)Cc1ccc(SC)cc1. The van der Waals surface area contributed by atoms with Crippen molar-refractivity contribution in [1.29, 1.82) is 0 Å². The second-order valence-electron chi connectivity index (χ2n) is 6.23. The van der Waals surface area contributed by atoms with Gasteiger partial charge in [0.15, 0.2) is 5.96 Å². The number of halogens is 3. The predicted molar refractivity (Wildman–Crippen MR) is 97.1 cm³/mol. The number of likely N-dealkylation sites (tertiary alicyclic amines) is 1. The molecule has 1 aliphatic rings. The Morgan fingerprint density at radius 3 is 2.60 bits per heavy atom. The van der Waals surface area contributed by atoms with E-state index in [2.05, 4.69) is 34.6 Å². The van der Waals surface area contributed by atoms with Crippen LogP contribution >= 0.6 is 11.8 Å². The molecule has 1 unspecified atom stereocenters. The second kappa shape index (κ2) is 8.80. The summed E-state index contributed by atoms with van der Waals surface area (Å²) in [4.78, 5) is 8.90. The van der Waals surface area contributed by atoms with Gasteiger partial charge in [-0.25, -0.2) is 0 Å². The van der Waals surface area contributed by atoms with Crippen molar-refractivity contribution in [3.8, 4) is 0 Å². The molecule has 8 heteroatoms. The first-order valence-electron chi connectivity index (χ1n) is 8.17. The third-order valence-corrected chi connectivity index (χ3v) is 4.90. The van der Waals surface area contributed by atoms with E-state index in [0.29, 0.717) is 32.0 Å². The highest BCUT2D eigenvalue weighted by Crippen LogP contribution is 2.20. The Hall–Kier alpha value is -1.41. The van der Waals surface area contributed by atoms with E-state index in [1.165, 1.54) is 9.80 Å². The molecule has 0 radical (unpaired) electrons. The van der Waals surface area contributed by atoms with Gasteiger partial charge in [0.05, 0.1) is 6.54 Å².